The van der Waals surface area contributed by atoms with Gasteiger partial charge in [-0.05, 0) is 18.6 Å². The molecule has 0 radical (unpaired) electrons. The molecule has 5 heteroatoms. The van der Waals surface area contributed by atoms with Gasteiger partial charge in [-0.3, -0.25) is 4.79 Å². The van der Waals surface area contributed by atoms with E-state index in [2.05, 4.69) is 40.1 Å². The van der Waals surface area contributed by atoms with Crippen molar-refractivity contribution < 1.29 is 0 Å². The molecule has 2 rings (SSSR count). The van der Waals surface area contributed by atoms with Crippen LogP contribution in [0.25, 0.3) is 0 Å². The lowest BCUT2D eigenvalue weighted by atomic mass is 10.4. The fourth-order valence-corrected chi connectivity index (χ4v) is 2.38. The first-order valence-electron chi connectivity index (χ1n) is 5.81. The monoisotopic (exact) mass is 251 g/mol. The minimum absolute atomic E-state index is 0.0103. The van der Waals surface area contributed by atoms with Gasteiger partial charge in [0, 0.05) is 42.6 Å². The molecule has 92 valence electrons. The van der Waals surface area contributed by atoms with Crippen molar-refractivity contribution in [3.63, 3.8) is 0 Å². The molecule has 0 aliphatic heterocycles. The molecule has 0 unspecified atom stereocenters. The Labute approximate surface area is 104 Å². The van der Waals surface area contributed by atoms with Crippen LogP contribution in [-0.2, 0) is 19.6 Å². The molecule has 4 nitrogen and oxygen atoms in total. The Morgan fingerprint density at radius 1 is 1.47 bits per heavy atom. The van der Waals surface area contributed by atoms with Crippen LogP contribution in [0.2, 0.25) is 0 Å². The maximum Gasteiger partial charge on any atom is 0.304 e. The van der Waals surface area contributed by atoms with Crippen LogP contribution in [0.5, 0.6) is 0 Å². The van der Waals surface area contributed by atoms with Gasteiger partial charge < -0.3 is 14.9 Å². The standard InChI is InChI=1S/C12H17N3OS/c1-2-5-15-6-3-4-11(15)8-13-7-10-9-17-12(16)14-10/h3-4,6,9,13H,2,5,7-8H2,1H3,(H,14,16). The number of hydrogen-bond acceptors (Lipinski definition) is 3. The van der Waals surface area contributed by atoms with Crippen molar-refractivity contribution in [1.82, 2.24) is 14.9 Å². The van der Waals surface area contributed by atoms with Crippen LogP contribution in [-0.4, -0.2) is 9.55 Å². The fraction of sp³-hybridized carbons (Fsp3) is 0.417. The molecule has 2 heterocycles. The van der Waals surface area contributed by atoms with Crippen molar-refractivity contribution in [3.05, 3.63) is 44.8 Å². The summed E-state index contributed by atoms with van der Waals surface area (Å²) in [5.74, 6) is 0. The van der Waals surface area contributed by atoms with Crippen LogP contribution in [0.15, 0.2) is 28.5 Å². The Bertz CT molecular complexity index is 512. The quantitative estimate of drug-likeness (QED) is 0.824. The summed E-state index contributed by atoms with van der Waals surface area (Å²) < 4.78 is 2.25. The highest BCUT2D eigenvalue weighted by Crippen LogP contribution is 2.04. The maximum absolute atomic E-state index is 11.0. The van der Waals surface area contributed by atoms with Crippen molar-refractivity contribution in [2.45, 2.75) is 33.0 Å². The van der Waals surface area contributed by atoms with E-state index < -0.39 is 0 Å². The van der Waals surface area contributed by atoms with Gasteiger partial charge in [-0.15, -0.1) is 0 Å². The summed E-state index contributed by atoms with van der Waals surface area (Å²) in [6.45, 7) is 4.76. The molecule has 0 saturated carbocycles. The molecule has 2 aromatic rings. The fourth-order valence-electron chi connectivity index (χ4n) is 1.79. The van der Waals surface area contributed by atoms with Gasteiger partial charge in [0.25, 0.3) is 0 Å². The molecule has 0 fully saturated rings. The van der Waals surface area contributed by atoms with E-state index in [0.29, 0.717) is 6.54 Å². The number of H-pyrrole nitrogens is 1. The average Bonchev–Trinajstić information content (AvgIpc) is 2.90. The van der Waals surface area contributed by atoms with Crippen LogP contribution in [0.4, 0.5) is 0 Å². The molecule has 0 aliphatic carbocycles. The molecule has 0 aliphatic rings. The molecular weight excluding hydrogens is 234 g/mol. The average molecular weight is 251 g/mol. The number of nitrogens with one attached hydrogen (secondary N) is 2. The normalized spacial score (nSPS) is 10.9. The van der Waals surface area contributed by atoms with Crippen molar-refractivity contribution in [2.24, 2.45) is 0 Å². The number of rotatable bonds is 6. The second-order valence-corrected chi connectivity index (χ2v) is 4.81. The summed E-state index contributed by atoms with van der Waals surface area (Å²) in [7, 11) is 0. The Morgan fingerprint density at radius 2 is 2.35 bits per heavy atom. The van der Waals surface area contributed by atoms with E-state index in [1.54, 1.807) is 0 Å². The second-order valence-electron chi connectivity index (χ2n) is 3.97. The van der Waals surface area contributed by atoms with E-state index in [9.17, 15) is 4.79 Å². The number of aromatic amines is 1. The lowest BCUT2D eigenvalue weighted by Crippen LogP contribution is -2.16. The van der Waals surface area contributed by atoms with Crippen LogP contribution in [0.3, 0.4) is 0 Å². The van der Waals surface area contributed by atoms with Crippen LogP contribution in [0, 0.1) is 0 Å². The van der Waals surface area contributed by atoms with Crippen LogP contribution in [0.1, 0.15) is 24.7 Å². The topological polar surface area (TPSA) is 49.8 Å². The van der Waals surface area contributed by atoms with Gasteiger partial charge in [-0.1, -0.05) is 18.3 Å². The third kappa shape index (κ3) is 3.31. The van der Waals surface area contributed by atoms with Gasteiger partial charge in [0.2, 0.25) is 0 Å². The van der Waals surface area contributed by atoms with Crippen LogP contribution >= 0.6 is 11.3 Å². The Balaban J connectivity index is 1.85. The molecule has 0 spiro atoms. The Kier molecular flexibility index (Phi) is 4.17. The number of hydrogen-bond donors (Lipinski definition) is 2. The third-order valence-corrected chi connectivity index (χ3v) is 3.30. The Morgan fingerprint density at radius 3 is 3.06 bits per heavy atom. The van der Waals surface area contributed by atoms with Gasteiger partial charge in [0.05, 0.1) is 0 Å². The van der Waals surface area contributed by atoms with Gasteiger partial charge in [0.15, 0.2) is 0 Å². The third-order valence-electron chi connectivity index (χ3n) is 2.58. The highest BCUT2D eigenvalue weighted by Gasteiger charge is 2.00. The minimum atomic E-state index is 0.0103. The lowest BCUT2D eigenvalue weighted by Gasteiger charge is -2.08. The smallest absolute Gasteiger partial charge is 0.304 e. The molecule has 0 atom stereocenters. The van der Waals surface area contributed by atoms with E-state index in [4.69, 9.17) is 0 Å². The number of aromatic nitrogens is 2. The van der Waals surface area contributed by atoms with Crippen molar-refractivity contribution in [2.75, 3.05) is 0 Å². The highest BCUT2D eigenvalue weighted by atomic mass is 32.1. The van der Waals surface area contributed by atoms with Gasteiger partial charge >= 0.3 is 4.87 Å². The maximum atomic E-state index is 11.0. The van der Waals surface area contributed by atoms with Crippen molar-refractivity contribution in [3.8, 4) is 0 Å². The zero-order valence-electron chi connectivity index (χ0n) is 9.90. The van der Waals surface area contributed by atoms with Gasteiger partial charge in [-0.25, -0.2) is 0 Å². The highest BCUT2D eigenvalue weighted by molar-refractivity contribution is 7.07. The summed E-state index contributed by atoms with van der Waals surface area (Å²) in [6.07, 6.45) is 3.24. The first kappa shape index (κ1) is 12.1. The Hall–Kier alpha value is -1.33. The zero-order valence-corrected chi connectivity index (χ0v) is 10.7. The van der Waals surface area contributed by atoms with E-state index in [1.165, 1.54) is 17.0 Å². The molecule has 2 aromatic heterocycles. The molecular formula is C12H17N3OS. The predicted molar refractivity (Wildman–Crippen MR) is 70.2 cm³/mol. The molecule has 0 aromatic carbocycles. The van der Waals surface area contributed by atoms with Gasteiger partial charge in [-0.2, -0.15) is 0 Å². The molecule has 0 amide bonds. The lowest BCUT2D eigenvalue weighted by molar-refractivity contribution is 0.599. The van der Waals surface area contributed by atoms with Crippen molar-refractivity contribution >= 4 is 11.3 Å². The largest absolute Gasteiger partial charge is 0.350 e. The summed E-state index contributed by atoms with van der Waals surface area (Å²) in [5.41, 5.74) is 2.23. The van der Waals surface area contributed by atoms with E-state index in [-0.39, 0.29) is 4.87 Å². The van der Waals surface area contributed by atoms with E-state index in [0.717, 1.165) is 25.2 Å². The first-order chi connectivity index (χ1) is 8.29. The molecule has 0 saturated heterocycles. The molecule has 0 bridgehead atoms. The minimum Gasteiger partial charge on any atom is -0.350 e. The SMILES string of the molecule is CCCn1cccc1CNCc1csc(=O)[nH]1. The second kappa shape index (κ2) is 5.84. The summed E-state index contributed by atoms with van der Waals surface area (Å²) in [5, 5.41) is 5.19. The molecule has 17 heavy (non-hydrogen) atoms. The van der Waals surface area contributed by atoms with Crippen LogP contribution < -0.4 is 10.2 Å². The summed E-state index contributed by atoms with van der Waals surface area (Å²) in [6, 6.07) is 4.19. The van der Waals surface area contributed by atoms with E-state index >= 15 is 0 Å². The molecule has 2 N–H and O–H groups in total. The summed E-state index contributed by atoms with van der Waals surface area (Å²) in [4.78, 5) is 13.8. The van der Waals surface area contributed by atoms with E-state index in [1.807, 2.05) is 5.38 Å². The predicted octanol–water partition coefficient (Wildman–Crippen LogP) is 1.94. The number of thiazole rings is 1. The number of nitrogens with zero attached hydrogens (tertiary/aromatic N) is 1. The first-order valence-corrected chi connectivity index (χ1v) is 6.69. The summed E-state index contributed by atoms with van der Waals surface area (Å²) >= 11 is 1.21. The van der Waals surface area contributed by atoms with Crippen molar-refractivity contribution in [1.29, 1.82) is 0 Å². The number of aryl methyl sites for hydroxylation is 1. The van der Waals surface area contributed by atoms with Gasteiger partial charge in [0.1, 0.15) is 0 Å². The zero-order chi connectivity index (χ0) is 12.1.